The molecule has 7 heteroatoms. The molecule has 1 saturated heterocycles. The van der Waals surface area contributed by atoms with Gasteiger partial charge in [-0.2, -0.15) is 0 Å². The van der Waals surface area contributed by atoms with Crippen LogP contribution < -0.4 is 9.47 Å². The fourth-order valence-corrected chi connectivity index (χ4v) is 4.35. The van der Waals surface area contributed by atoms with Crippen LogP contribution in [0.25, 0.3) is 5.76 Å². The molecule has 0 spiro atoms. The van der Waals surface area contributed by atoms with Crippen LogP contribution in [0, 0.1) is 0 Å². The maximum atomic E-state index is 13.3. The van der Waals surface area contributed by atoms with E-state index in [2.05, 4.69) is 32.3 Å². The highest BCUT2D eigenvalue weighted by Gasteiger charge is 2.46. The van der Waals surface area contributed by atoms with Gasteiger partial charge in [0.25, 0.3) is 11.7 Å². The molecular weight excluding hydrogens is 468 g/mol. The number of likely N-dealkylation sites (tertiary alicyclic amines) is 1. The van der Waals surface area contributed by atoms with E-state index in [0.29, 0.717) is 43.4 Å². The van der Waals surface area contributed by atoms with E-state index >= 15 is 0 Å². The quantitative estimate of drug-likeness (QED) is 0.125. The van der Waals surface area contributed by atoms with Gasteiger partial charge in [0, 0.05) is 18.7 Å². The van der Waals surface area contributed by atoms with Gasteiger partial charge in [-0.05, 0) is 61.5 Å². The number of carbonyl (C=O) groups excluding carboxylic acids is 2. The number of hydrogen-bond donors (Lipinski definition) is 1. The van der Waals surface area contributed by atoms with Gasteiger partial charge in [-0.1, -0.05) is 52.0 Å². The van der Waals surface area contributed by atoms with Crippen molar-refractivity contribution in [3.63, 3.8) is 0 Å². The van der Waals surface area contributed by atoms with Gasteiger partial charge in [0.05, 0.1) is 18.2 Å². The molecule has 37 heavy (non-hydrogen) atoms. The second-order valence-corrected chi connectivity index (χ2v) is 8.91. The van der Waals surface area contributed by atoms with Gasteiger partial charge < -0.3 is 24.4 Å². The summed E-state index contributed by atoms with van der Waals surface area (Å²) < 4.78 is 11.3. The zero-order chi connectivity index (χ0) is 26.8. The van der Waals surface area contributed by atoms with Crippen LogP contribution in [-0.2, 0) is 9.59 Å². The van der Waals surface area contributed by atoms with Crippen LogP contribution in [0.2, 0.25) is 0 Å². The Bertz CT molecular complexity index is 1090. The van der Waals surface area contributed by atoms with E-state index in [9.17, 15) is 14.7 Å². The number of ether oxygens (including phenoxy) is 2. The third-order valence-electron chi connectivity index (χ3n) is 6.55. The van der Waals surface area contributed by atoms with Gasteiger partial charge in [0.2, 0.25) is 0 Å². The molecule has 2 aromatic carbocycles. The summed E-state index contributed by atoms with van der Waals surface area (Å²) >= 11 is 0. The lowest BCUT2D eigenvalue weighted by molar-refractivity contribution is -0.140. The lowest BCUT2D eigenvalue weighted by atomic mass is 9.95. The summed E-state index contributed by atoms with van der Waals surface area (Å²) in [5.74, 6) is -0.137. The first-order valence-electron chi connectivity index (χ1n) is 13.0. The Balaban J connectivity index is 1.98. The first kappa shape index (κ1) is 28.0. The van der Waals surface area contributed by atoms with Crippen molar-refractivity contribution < 1.29 is 24.2 Å². The maximum absolute atomic E-state index is 13.3. The van der Waals surface area contributed by atoms with Gasteiger partial charge in [0.1, 0.15) is 23.9 Å². The number of hydrogen-bond acceptors (Lipinski definition) is 6. The van der Waals surface area contributed by atoms with Gasteiger partial charge in [-0.15, -0.1) is 0 Å². The van der Waals surface area contributed by atoms with Crippen LogP contribution >= 0.6 is 0 Å². The maximum Gasteiger partial charge on any atom is 0.295 e. The van der Waals surface area contributed by atoms with Gasteiger partial charge in [0.15, 0.2) is 0 Å². The van der Waals surface area contributed by atoms with Crippen LogP contribution in [0.15, 0.2) is 66.8 Å². The van der Waals surface area contributed by atoms with E-state index in [1.807, 2.05) is 12.1 Å². The Kier molecular flexibility index (Phi) is 10.3. The molecule has 0 aromatic heterocycles. The molecule has 1 atom stereocenters. The number of unbranched alkanes of at least 4 members (excludes halogenated alkanes) is 1. The Morgan fingerprint density at radius 2 is 1.62 bits per heavy atom. The summed E-state index contributed by atoms with van der Waals surface area (Å²) in [6.45, 7) is 13.5. The van der Waals surface area contributed by atoms with Crippen molar-refractivity contribution in [1.29, 1.82) is 0 Å². The largest absolute Gasteiger partial charge is 0.507 e. The summed E-state index contributed by atoms with van der Waals surface area (Å²) in [5, 5.41) is 11.3. The van der Waals surface area contributed by atoms with Crippen molar-refractivity contribution in [1.82, 2.24) is 9.80 Å². The smallest absolute Gasteiger partial charge is 0.295 e. The predicted molar refractivity (Wildman–Crippen MR) is 146 cm³/mol. The fraction of sp³-hybridized carbons (Fsp3) is 0.400. The average Bonchev–Trinajstić information content (AvgIpc) is 3.18. The third kappa shape index (κ3) is 6.80. The van der Waals surface area contributed by atoms with Crippen LogP contribution in [0.1, 0.15) is 50.8 Å². The molecule has 1 N–H and O–H groups in total. The number of nitrogens with zero attached hydrogens (tertiary/aromatic N) is 2. The predicted octanol–water partition coefficient (Wildman–Crippen LogP) is 5.19. The van der Waals surface area contributed by atoms with Crippen molar-refractivity contribution >= 4 is 17.4 Å². The minimum absolute atomic E-state index is 0.0870. The van der Waals surface area contributed by atoms with Gasteiger partial charge in [-0.3, -0.25) is 9.59 Å². The number of benzene rings is 2. The van der Waals surface area contributed by atoms with E-state index in [4.69, 9.17) is 9.47 Å². The highest BCUT2D eigenvalue weighted by atomic mass is 16.5. The number of rotatable bonds is 14. The SMILES string of the molecule is C=CCOc1ccc(C2/C(=C(\O)c3ccc(OCCCC)cc3)C(=O)C(=O)N2CCN(CC)CC)cc1. The van der Waals surface area contributed by atoms with E-state index in [1.165, 1.54) is 0 Å². The summed E-state index contributed by atoms with van der Waals surface area (Å²) in [5.41, 5.74) is 1.27. The summed E-state index contributed by atoms with van der Waals surface area (Å²) in [7, 11) is 0. The number of carbonyl (C=O) groups is 2. The molecule has 1 heterocycles. The third-order valence-corrected chi connectivity index (χ3v) is 6.55. The molecule has 0 aliphatic carbocycles. The summed E-state index contributed by atoms with van der Waals surface area (Å²) in [6, 6.07) is 13.5. The highest BCUT2D eigenvalue weighted by Crippen LogP contribution is 2.40. The number of aliphatic hydroxyl groups is 1. The highest BCUT2D eigenvalue weighted by molar-refractivity contribution is 6.46. The Labute approximate surface area is 220 Å². The van der Waals surface area contributed by atoms with Gasteiger partial charge in [-0.25, -0.2) is 0 Å². The fourth-order valence-electron chi connectivity index (χ4n) is 4.35. The first-order valence-corrected chi connectivity index (χ1v) is 13.0. The van der Waals surface area contributed by atoms with Gasteiger partial charge >= 0.3 is 0 Å². The molecule has 1 aliphatic heterocycles. The summed E-state index contributed by atoms with van der Waals surface area (Å²) in [6.07, 6.45) is 3.65. The molecule has 1 aliphatic rings. The normalized spacial score (nSPS) is 16.9. The van der Waals surface area contributed by atoms with Crippen molar-refractivity contribution in [2.75, 3.05) is 39.4 Å². The van der Waals surface area contributed by atoms with Crippen molar-refractivity contribution in [2.24, 2.45) is 0 Å². The zero-order valence-corrected chi connectivity index (χ0v) is 22.1. The molecule has 3 rings (SSSR count). The van der Waals surface area contributed by atoms with E-state index in [0.717, 1.165) is 31.5 Å². The molecule has 7 nitrogen and oxygen atoms in total. The molecule has 1 amide bonds. The van der Waals surface area contributed by atoms with E-state index < -0.39 is 17.7 Å². The van der Waals surface area contributed by atoms with Crippen molar-refractivity contribution in [3.8, 4) is 11.5 Å². The van der Waals surface area contributed by atoms with Crippen molar-refractivity contribution in [3.05, 3.63) is 77.9 Å². The number of likely N-dealkylation sites (N-methyl/N-ethyl adjacent to an activating group) is 1. The lowest BCUT2D eigenvalue weighted by Crippen LogP contribution is -2.38. The molecule has 0 radical (unpaired) electrons. The molecule has 198 valence electrons. The molecular formula is C30H38N2O5. The molecule has 0 saturated carbocycles. The number of aliphatic hydroxyl groups excluding tert-OH is 1. The molecule has 1 fully saturated rings. The number of Topliss-reactive ketones (excluding diaryl/α,β-unsaturated/α-hetero) is 1. The monoisotopic (exact) mass is 506 g/mol. The summed E-state index contributed by atoms with van der Waals surface area (Å²) in [4.78, 5) is 30.2. The van der Waals surface area contributed by atoms with Crippen LogP contribution in [0.3, 0.4) is 0 Å². The Morgan fingerprint density at radius 1 is 1.00 bits per heavy atom. The van der Waals surface area contributed by atoms with E-state index in [-0.39, 0.29) is 11.3 Å². The standard InChI is InChI=1S/C30H38N2O5/c1-5-9-21-37-25-16-12-23(13-17-25)28(33)26-27(22-10-14-24(15-11-22)36-20-6-2)32(30(35)29(26)34)19-18-31(7-3)8-4/h6,10-17,27,33H,2,5,7-9,18-21H2,1,3-4H3/b28-26+. The lowest BCUT2D eigenvalue weighted by Gasteiger charge is -2.28. The number of amides is 1. The van der Waals surface area contributed by atoms with Crippen LogP contribution in [0.5, 0.6) is 11.5 Å². The molecule has 1 unspecified atom stereocenters. The minimum atomic E-state index is -0.704. The van der Waals surface area contributed by atoms with Crippen LogP contribution in [-0.4, -0.2) is 66.0 Å². The van der Waals surface area contributed by atoms with E-state index in [1.54, 1.807) is 47.4 Å². The Morgan fingerprint density at radius 3 is 2.22 bits per heavy atom. The first-order chi connectivity index (χ1) is 17.9. The zero-order valence-electron chi connectivity index (χ0n) is 22.1. The van der Waals surface area contributed by atoms with Crippen molar-refractivity contribution in [2.45, 2.75) is 39.7 Å². The second-order valence-electron chi connectivity index (χ2n) is 8.91. The minimum Gasteiger partial charge on any atom is -0.507 e. The second kappa shape index (κ2) is 13.7. The average molecular weight is 507 g/mol. The Hall–Kier alpha value is -3.58. The molecule has 2 aromatic rings. The van der Waals surface area contributed by atoms with Crippen LogP contribution in [0.4, 0.5) is 0 Å². The molecule has 0 bridgehead atoms. The topological polar surface area (TPSA) is 79.3 Å². The number of ketones is 1.